The molecule has 1 aromatic rings. The molecule has 1 amide bonds. The topological polar surface area (TPSA) is 107 Å². The number of amides is 1. The first kappa shape index (κ1) is 15.3. The largest absolute Gasteiger partial charge is 0.394 e. The van der Waals surface area contributed by atoms with Gasteiger partial charge in [0, 0.05) is 6.54 Å². The zero-order chi connectivity index (χ0) is 14.3. The third kappa shape index (κ3) is 3.87. The first-order chi connectivity index (χ1) is 9.10. The van der Waals surface area contributed by atoms with E-state index in [0.29, 0.717) is 18.8 Å². The number of aromatic nitrogens is 2. The quantitative estimate of drug-likeness (QED) is 0.544. The first-order valence-corrected chi connectivity index (χ1v) is 6.22. The van der Waals surface area contributed by atoms with E-state index >= 15 is 0 Å². The van der Waals surface area contributed by atoms with Crippen molar-refractivity contribution in [3.8, 4) is 0 Å². The monoisotopic (exact) mass is 268 g/mol. The van der Waals surface area contributed by atoms with Gasteiger partial charge in [0.05, 0.1) is 18.8 Å². The molecule has 0 aliphatic carbocycles. The van der Waals surface area contributed by atoms with E-state index in [1.54, 1.807) is 6.07 Å². The number of hydrogen-bond donors (Lipinski definition) is 4. The van der Waals surface area contributed by atoms with Crippen LogP contribution in [0.25, 0.3) is 0 Å². The second kappa shape index (κ2) is 7.01. The van der Waals surface area contributed by atoms with Crippen LogP contribution >= 0.6 is 0 Å². The molecule has 0 atom stereocenters. The second-order valence-electron chi connectivity index (χ2n) is 4.24. The molecule has 0 bridgehead atoms. The van der Waals surface area contributed by atoms with Gasteiger partial charge in [0.15, 0.2) is 5.69 Å². The van der Waals surface area contributed by atoms with Crippen LogP contribution in [-0.2, 0) is 0 Å². The SMILES string of the molecule is CCNC(=O)c1ccc(NC(CC)(CO)CO)nn1. The minimum atomic E-state index is -0.831. The van der Waals surface area contributed by atoms with E-state index in [2.05, 4.69) is 20.8 Å². The Morgan fingerprint density at radius 2 is 1.95 bits per heavy atom. The van der Waals surface area contributed by atoms with Crippen molar-refractivity contribution in [2.45, 2.75) is 25.8 Å². The van der Waals surface area contributed by atoms with Gasteiger partial charge in [-0.3, -0.25) is 4.79 Å². The minimum Gasteiger partial charge on any atom is -0.394 e. The summed E-state index contributed by atoms with van der Waals surface area (Å²) in [7, 11) is 0. The van der Waals surface area contributed by atoms with E-state index in [1.807, 2.05) is 13.8 Å². The Kier molecular flexibility index (Phi) is 5.65. The zero-order valence-corrected chi connectivity index (χ0v) is 11.2. The van der Waals surface area contributed by atoms with Gasteiger partial charge in [-0.25, -0.2) is 0 Å². The lowest BCUT2D eigenvalue weighted by atomic mass is 9.98. The van der Waals surface area contributed by atoms with Crippen LogP contribution in [0.2, 0.25) is 0 Å². The van der Waals surface area contributed by atoms with Gasteiger partial charge in [0.2, 0.25) is 0 Å². The summed E-state index contributed by atoms with van der Waals surface area (Å²) < 4.78 is 0. The lowest BCUT2D eigenvalue weighted by molar-refractivity contribution is 0.0949. The Balaban J connectivity index is 2.79. The van der Waals surface area contributed by atoms with Crippen molar-refractivity contribution in [3.05, 3.63) is 17.8 Å². The summed E-state index contributed by atoms with van der Waals surface area (Å²) >= 11 is 0. The molecule has 0 spiro atoms. The minimum absolute atomic E-state index is 0.222. The highest BCUT2D eigenvalue weighted by atomic mass is 16.3. The van der Waals surface area contributed by atoms with E-state index in [-0.39, 0.29) is 24.8 Å². The Hall–Kier alpha value is -1.73. The van der Waals surface area contributed by atoms with Gasteiger partial charge in [-0.1, -0.05) is 6.92 Å². The van der Waals surface area contributed by atoms with Crippen LogP contribution in [0.5, 0.6) is 0 Å². The summed E-state index contributed by atoms with van der Waals surface area (Å²) in [5, 5.41) is 31.9. The average molecular weight is 268 g/mol. The van der Waals surface area contributed by atoms with Gasteiger partial charge in [-0.15, -0.1) is 10.2 Å². The smallest absolute Gasteiger partial charge is 0.271 e. The molecule has 0 radical (unpaired) electrons. The van der Waals surface area contributed by atoms with E-state index < -0.39 is 5.54 Å². The zero-order valence-electron chi connectivity index (χ0n) is 11.2. The van der Waals surface area contributed by atoms with Gasteiger partial charge >= 0.3 is 0 Å². The van der Waals surface area contributed by atoms with Crippen LogP contribution < -0.4 is 10.6 Å². The molecule has 0 fully saturated rings. The molecule has 0 saturated carbocycles. The maximum atomic E-state index is 11.5. The fraction of sp³-hybridized carbons (Fsp3) is 0.583. The van der Waals surface area contributed by atoms with E-state index in [4.69, 9.17) is 0 Å². The molecule has 7 heteroatoms. The van der Waals surface area contributed by atoms with Crippen molar-refractivity contribution in [1.82, 2.24) is 15.5 Å². The van der Waals surface area contributed by atoms with Crippen LogP contribution in [-0.4, -0.2) is 51.6 Å². The van der Waals surface area contributed by atoms with Crippen molar-refractivity contribution in [1.29, 1.82) is 0 Å². The average Bonchev–Trinajstić information content (AvgIpc) is 2.46. The number of hydrogen-bond acceptors (Lipinski definition) is 6. The predicted molar refractivity (Wildman–Crippen MR) is 70.9 cm³/mol. The molecule has 0 saturated heterocycles. The third-order valence-electron chi connectivity index (χ3n) is 2.91. The van der Waals surface area contributed by atoms with Crippen molar-refractivity contribution < 1.29 is 15.0 Å². The normalized spacial score (nSPS) is 11.2. The summed E-state index contributed by atoms with van der Waals surface area (Å²) in [5.74, 6) is 0.116. The predicted octanol–water partition coefficient (Wildman–Crippen LogP) is -0.228. The van der Waals surface area contributed by atoms with Crippen LogP contribution in [0.3, 0.4) is 0 Å². The molecule has 19 heavy (non-hydrogen) atoms. The van der Waals surface area contributed by atoms with E-state index in [0.717, 1.165) is 0 Å². The molecule has 4 N–H and O–H groups in total. The number of aliphatic hydroxyl groups is 2. The molecule has 1 heterocycles. The van der Waals surface area contributed by atoms with Crippen molar-refractivity contribution in [3.63, 3.8) is 0 Å². The van der Waals surface area contributed by atoms with Crippen molar-refractivity contribution in [2.75, 3.05) is 25.1 Å². The molecule has 106 valence electrons. The van der Waals surface area contributed by atoms with Gasteiger partial charge in [0.25, 0.3) is 5.91 Å². The van der Waals surface area contributed by atoms with Crippen LogP contribution in [0.15, 0.2) is 12.1 Å². The summed E-state index contributed by atoms with van der Waals surface area (Å²) in [5.41, 5.74) is -0.607. The Morgan fingerprint density at radius 1 is 1.26 bits per heavy atom. The summed E-state index contributed by atoms with van der Waals surface area (Å²) in [6, 6.07) is 3.13. The number of carbonyl (C=O) groups is 1. The molecule has 1 aromatic heterocycles. The van der Waals surface area contributed by atoms with E-state index in [9.17, 15) is 15.0 Å². The molecule has 0 aromatic carbocycles. The fourth-order valence-corrected chi connectivity index (χ4v) is 1.48. The van der Waals surface area contributed by atoms with Crippen LogP contribution in [0.1, 0.15) is 30.8 Å². The van der Waals surface area contributed by atoms with Gasteiger partial charge in [-0.2, -0.15) is 0 Å². The summed E-state index contributed by atoms with van der Waals surface area (Å²) in [6.07, 6.45) is 0.528. The second-order valence-corrected chi connectivity index (χ2v) is 4.24. The standard InChI is InChI=1S/C12H20N4O3/c1-3-12(7-17,8-18)14-10-6-5-9(15-16-10)11(19)13-4-2/h5-6,17-18H,3-4,7-8H2,1-2H3,(H,13,19)(H,14,16). The highest BCUT2D eigenvalue weighted by Gasteiger charge is 2.26. The van der Waals surface area contributed by atoms with Crippen molar-refractivity contribution in [2.24, 2.45) is 0 Å². The number of aliphatic hydroxyl groups excluding tert-OH is 2. The molecule has 0 aliphatic heterocycles. The number of anilines is 1. The van der Waals surface area contributed by atoms with Gasteiger partial charge in [0.1, 0.15) is 5.82 Å². The molecule has 0 unspecified atom stereocenters. The number of nitrogens with zero attached hydrogens (tertiary/aromatic N) is 2. The molecular weight excluding hydrogens is 248 g/mol. The number of rotatable bonds is 7. The van der Waals surface area contributed by atoms with Crippen LogP contribution in [0, 0.1) is 0 Å². The van der Waals surface area contributed by atoms with Gasteiger partial charge < -0.3 is 20.8 Å². The van der Waals surface area contributed by atoms with E-state index in [1.165, 1.54) is 6.07 Å². The van der Waals surface area contributed by atoms with Gasteiger partial charge in [-0.05, 0) is 25.5 Å². The number of nitrogens with one attached hydrogen (secondary N) is 2. The van der Waals surface area contributed by atoms with Crippen molar-refractivity contribution >= 4 is 11.7 Å². The summed E-state index contributed by atoms with van der Waals surface area (Å²) in [6.45, 7) is 3.74. The molecule has 0 aliphatic rings. The molecule has 1 rings (SSSR count). The Bertz CT molecular complexity index is 396. The highest BCUT2D eigenvalue weighted by Crippen LogP contribution is 2.15. The lowest BCUT2D eigenvalue weighted by Crippen LogP contribution is -2.45. The Morgan fingerprint density at radius 3 is 2.37 bits per heavy atom. The fourth-order valence-electron chi connectivity index (χ4n) is 1.48. The maximum Gasteiger partial charge on any atom is 0.271 e. The third-order valence-corrected chi connectivity index (χ3v) is 2.91. The lowest BCUT2D eigenvalue weighted by Gasteiger charge is -2.29. The Labute approximate surface area is 112 Å². The number of carbonyl (C=O) groups excluding carboxylic acids is 1. The molecule has 7 nitrogen and oxygen atoms in total. The maximum absolute atomic E-state index is 11.5. The first-order valence-electron chi connectivity index (χ1n) is 6.22. The highest BCUT2D eigenvalue weighted by molar-refractivity contribution is 5.92. The molecular formula is C12H20N4O3. The summed E-state index contributed by atoms with van der Waals surface area (Å²) in [4.78, 5) is 11.5. The van der Waals surface area contributed by atoms with Crippen LogP contribution in [0.4, 0.5) is 5.82 Å².